The zero-order chi connectivity index (χ0) is 25.7. The molecule has 10 heteroatoms. The number of anilines is 2. The molecule has 0 aliphatic rings. The quantitative estimate of drug-likeness (QED) is 0.209. The highest BCUT2D eigenvalue weighted by molar-refractivity contribution is 8.76. The van der Waals surface area contributed by atoms with Crippen molar-refractivity contribution < 1.29 is 9.59 Å². The third kappa shape index (κ3) is 6.71. The Kier molecular flexibility index (Phi) is 9.12. The Hall–Kier alpha value is -2.32. The number of para-hydroxylation sites is 2. The Morgan fingerprint density at radius 1 is 0.556 bits per heavy atom. The van der Waals surface area contributed by atoms with Gasteiger partial charge in [0.15, 0.2) is 0 Å². The topological polar surface area (TPSA) is 58.2 Å². The van der Waals surface area contributed by atoms with Crippen molar-refractivity contribution in [2.45, 2.75) is 9.79 Å². The van der Waals surface area contributed by atoms with Crippen LogP contribution in [0, 0.1) is 0 Å². The Labute approximate surface area is 236 Å². The fourth-order valence-electron chi connectivity index (χ4n) is 3.10. The highest BCUT2D eigenvalue weighted by Gasteiger charge is 2.16. The average Bonchev–Trinajstić information content (AvgIpc) is 2.84. The van der Waals surface area contributed by atoms with Crippen molar-refractivity contribution in [3.63, 3.8) is 0 Å². The zero-order valence-corrected chi connectivity index (χ0v) is 22.9. The van der Waals surface area contributed by atoms with Gasteiger partial charge in [-0.2, -0.15) is 0 Å². The molecule has 182 valence electrons. The average molecular weight is 594 g/mol. The molecular weight excluding hydrogens is 578 g/mol. The van der Waals surface area contributed by atoms with Crippen molar-refractivity contribution in [2.75, 3.05) is 10.6 Å². The van der Waals surface area contributed by atoms with Crippen LogP contribution in [0.2, 0.25) is 20.1 Å². The van der Waals surface area contributed by atoms with Gasteiger partial charge in [-0.1, -0.05) is 92.3 Å². The minimum Gasteiger partial charge on any atom is -0.321 e. The fourth-order valence-corrected chi connectivity index (χ4v) is 6.37. The second kappa shape index (κ2) is 12.3. The molecule has 0 fully saturated rings. The molecule has 4 nitrogen and oxygen atoms in total. The summed E-state index contributed by atoms with van der Waals surface area (Å²) in [5.74, 6) is -0.690. The van der Waals surface area contributed by atoms with E-state index in [1.807, 2.05) is 36.4 Å². The van der Waals surface area contributed by atoms with Crippen LogP contribution in [0.3, 0.4) is 0 Å². The zero-order valence-electron chi connectivity index (χ0n) is 18.2. The summed E-state index contributed by atoms with van der Waals surface area (Å²) < 4.78 is 0. The molecule has 4 aromatic carbocycles. The third-order valence-electron chi connectivity index (χ3n) is 4.84. The van der Waals surface area contributed by atoms with E-state index < -0.39 is 0 Å². The smallest absolute Gasteiger partial charge is 0.257 e. The molecule has 2 N–H and O–H groups in total. The number of hydrogen-bond acceptors (Lipinski definition) is 4. The maximum Gasteiger partial charge on any atom is 0.257 e. The van der Waals surface area contributed by atoms with E-state index in [1.54, 1.807) is 36.4 Å². The molecule has 36 heavy (non-hydrogen) atoms. The number of hydrogen-bond donors (Lipinski definition) is 2. The number of halogens is 4. The highest BCUT2D eigenvalue weighted by Crippen LogP contribution is 2.43. The van der Waals surface area contributed by atoms with Crippen LogP contribution in [-0.2, 0) is 0 Å². The van der Waals surface area contributed by atoms with Gasteiger partial charge in [0.05, 0.1) is 32.5 Å². The largest absolute Gasteiger partial charge is 0.321 e. The predicted molar refractivity (Wildman–Crippen MR) is 153 cm³/mol. The van der Waals surface area contributed by atoms with E-state index in [0.717, 1.165) is 9.79 Å². The first-order valence-corrected chi connectivity index (χ1v) is 14.0. The lowest BCUT2D eigenvalue weighted by Gasteiger charge is -2.13. The van der Waals surface area contributed by atoms with E-state index in [2.05, 4.69) is 10.6 Å². The van der Waals surface area contributed by atoms with E-state index in [1.165, 1.54) is 33.7 Å². The van der Waals surface area contributed by atoms with E-state index in [9.17, 15) is 9.59 Å². The van der Waals surface area contributed by atoms with Crippen LogP contribution in [0.1, 0.15) is 20.7 Å². The summed E-state index contributed by atoms with van der Waals surface area (Å²) in [6.45, 7) is 0. The van der Waals surface area contributed by atoms with Crippen molar-refractivity contribution >= 4 is 91.2 Å². The number of benzene rings is 4. The van der Waals surface area contributed by atoms with Gasteiger partial charge in [-0.25, -0.2) is 0 Å². The van der Waals surface area contributed by atoms with E-state index in [4.69, 9.17) is 46.4 Å². The second-order valence-electron chi connectivity index (χ2n) is 7.32. The first-order chi connectivity index (χ1) is 17.3. The number of carbonyl (C=O) groups is 2. The molecule has 0 atom stereocenters. The Balaban J connectivity index is 1.49. The molecule has 0 spiro atoms. The molecule has 2 amide bonds. The highest BCUT2D eigenvalue weighted by atomic mass is 35.5. The molecule has 0 radical (unpaired) electrons. The van der Waals surface area contributed by atoms with Crippen molar-refractivity contribution in [1.29, 1.82) is 0 Å². The van der Waals surface area contributed by atoms with Crippen LogP contribution in [0.4, 0.5) is 11.4 Å². The Bertz CT molecular complexity index is 1340. The van der Waals surface area contributed by atoms with Gasteiger partial charge in [0.25, 0.3) is 11.8 Å². The molecule has 0 aliphatic heterocycles. The predicted octanol–water partition coefficient (Wildman–Crippen LogP) is 9.60. The third-order valence-corrected chi connectivity index (χ3v) is 8.42. The van der Waals surface area contributed by atoms with Crippen LogP contribution in [0.5, 0.6) is 0 Å². The maximum atomic E-state index is 12.8. The van der Waals surface area contributed by atoms with E-state index >= 15 is 0 Å². The minimum absolute atomic E-state index is 0.268. The molecule has 0 heterocycles. The van der Waals surface area contributed by atoms with Crippen molar-refractivity contribution in [1.82, 2.24) is 0 Å². The fraction of sp³-hybridized carbons (Fsp3) is 0. The molecule has 0 saturated heterocycles. The van der Waals surface area contributed by atoms with Gasteiger partial charge in [-0.3, -0.25) is 9.59 Å². The van der Waals surface area contributed by atoms with Gasteiger partial charge in [-0.05, 0) is 60.7 Å². The van der Waals surface area contributed by atoms with Crippen LogP contribution in [-0.4, -0.2) is 11.8 Å². The van der Waals surface area contributed by atoms with Crippen LogP contribution in [0.25, 0.3) is 0 Å². The number of rotatable bonds is 7. The normalized spacial score (nSPS) is 10.7. The lowest BCUT2D eigenvalue weighted by molar-refractivity contribution is 0.101. The summed E-state index contributed by atoms with van der Waals surface area (Å²) >= 11 is 24.3. The van der Waals surface area contributed by atoms with Crippen LogP contribution >= 0.6 is 68.0 Å². The maximum absolute atomic E-state index is 12.8. The molecule has 4 rings (SSSR count). The minimum atomic E-state index is -0.345. The van der Waals surface area contributed by atoms with Crippen LogP contribution < -0.4 is 10.6 Å². The van der Waals surface area contributed by atoms with E-state index in [0.29, 0.717) is 32.5 Å². The number of amides is 2. The lowest BCUT2D eigenvalue weighted by Crippen LogP contribution is -2.13. The van der Waals surface area contributed by atoms with Crippen molar-refractivity contribution in [3.8, 4) is 0 Å². The number of carbonyl (C=O) groups excluding carboxylic acids is 2. The second-order valence-corrected chi connectivity index (χ2v) is 11.2. The van der Waals surface area contributed by atoms with Gasteiger partial charge in [0, 0.05) is 19.8 Å². The van der Waals surface area contributed by atoms with Gasteiger partial charge >= 0.3 is 0 Å². The standard InChI is InChI=1S/C26H16Cl4N2O2S2/c27-15-9-11-17(19(29)13-15)25(33)31-21-5-1-3-7-23(21)35-36-24-8-4-2-6-22(24)32-26(34)18-12-10-16(28)14-20(18)30/h1-14H,(H,31,33)(H,32,34). The summed E-state index contributed by atoms with van der Waals surface area (Å²) in [4.78, 5) is 27.3. The lowest BCUT2D eigenvalue weighted by atomic mass is 10.2. The molecule has 0 aliphatic carbocycles. The van der Waals surface area contributed by atoms with Gasteiger partial charge in [-0.15, -0.1) is 0 Å². The van der Waals surface area contributed by atoms with Crippen LogP contribution in [0.15, 0.2) is 94.7 Å². The first-order valence-electron chi connectivity index (χ1n) is 10.4. The van der Waals surface area contributed by atoms with Gasteiger partial charge in [0.1, 0.15) is 0 Å². The number of nitrogens with one attached hydrogen (secondary N) is 2. The van der Waals surface area contributed by atoms with Gasteiger partial charge in [0.2, 0.25) is 0 Å². The summed E-state index contributed by atoms with van der Waals surface area (Å²) in [5.41, 5.74) is 1.89. The van der Waals surface area contributed by atoms with E-state index in [-0.39, 0.29) is 21.9 Å². The SMILES string of the molecule is O=C(Nc1ccccc1SSc1ccccc1NC(=O)c1ccc(Cl)cc1Cl)c1ccc(Cl)cc1Cl. The summed E-state index contributed by atoms with van der Waals surface area (Å²) in [7, 11) is 2.88. The van der Waals surface area contributed by atoms with Crippen molar-refractivity contribution in [2.24, 2.45) is 0 Å². The molecular formula is C26H16Cl4N2O2S2. The molecule has 0 saturated carbocycles. The first kappa shape index (κ1) is 26.7. The molecule has 0 aromatic heterocycles. The monoisotopic (exact) mass is 592 g/mol. The summed E-state index contributed by atoms with van der Waals surface area (Å²) in [6.07, 6.45) is 0. The molecule has 0 bridgehead atoms. The molecule has 0 unspecified atom stereocenters. The van der Waals surface area contributed by atoms with Gasteiger partial charge < -0.3 is 10.6 Å². The van der Waals surface area contributed by atoms with Crippen molar-refractivity contribution in [3.05, 3.63) is 116 Å². The summed E-state index contributed by atoms with van der Waals surface area (Å²) in [5, 5.41) is 7.25. The molecule has 4 aromatic rings. The Morgan fingerprint density at radius 2 is 0.944 bits per heavy atom. The Morgan fingerprint density at radius 3 is 1.33 bits per heavy atom. The summed E-state index contributed by atoms with van der Waals surface area (Å²) in [6, 6.07) is 24.3.